The molecule has 26 heavy (non-hydrogen) atoms. The summed E-state index contributed by atoms with van der Waals surface area (Å²) in [6, 6.07) is 9.99. The third-order valence-corrected chi connectivity index (χ3v) is 5.21. The molecule has 0 atom stereocenters. The fraction of sp³-hybridized carbons (Fsp3) is 0.300. The molecule has 3 aromatic rings. The molecule has 0 saturated heterocycles. The Bertz CT molecular complexity index is 1010. The minimum Gasteiger partial charge on any atom is -0.334 e. The van der Waals surface area contributed by atoms with E-state index in [9.17, 15) is 4.79 Å². The third-order valence-electron chi connectivity index (χ3n) is 5.21. The van der Waals surface area contributed by atoms with Gasteiger partial charge in [0.25, 0.3) is 5.89 Å². The van der Waals surface area contributed by atoms with Gasteiger partial charge >= 0.3 is 0 Å². The van der Waals surface area contributed by atoms with Crippen molar-refractivity contribution in [2.75, 3.05) is 4.90 Å². The first-order valence-electron chi connectivity index (χ1n) is 8.78. The van der Waals surface area contributed by atoms with Crippen molar-refractivity contribution >= 4 is 11.6 Å². The summed E-state index contributed by atoms with van der Waals surface area (Å²) in [5.74, 6) is 1.16. The Morgan fingerprint density at radius 3 is 2.62 bits per heavy atom. The van der Waals surface area contributed by atoms with E-state index in [1.807, 2.05) is 49.1 Å². The molecular weight excluding hydrogens is 328 g/mol. The molecule has 0 unspecified atom stereocenters. The Balaban J connectivity index is 1.57. The summed E-state index contributed by atoms with van der Waals surface area (Å²) in [6.07, 6.45) is 5.52. The second-order valence-corrected chi connectivity index (χ2v) is 7.42. The van der Waals surface area contributed by atoms with E-state index in [1.165, 1.54) is 0 Å². The number of pyridine rings is 1. The zero-order chi connectivity index (χ0) is 17.9. The summed E-state index contributed by atoms with van der Waals surface area (Å²) in [6.45, 7) is 3.98. The van der Waals surface area contributed by atoms with Crippen molar-refractivity contribution < 1.29 is 9.32 Å². The maximum atomic E-state index is 12.9. The van der Waals surface area contributed by atoms with Crippen molar-refractivity contribution in [2.24, 2.45) is 0 Å². The van der Waals surface area contributed by atoms with Gasteiger partial charge < -0.3 is 9.42 Å². The lowest BCUT2D eigenvalue weighted by atomic mass is 9.86. The number of fused-ring (bicyclic) bond motifs is 1. The fourth-order valence-electron chi connectivity index (χ4n) is 3.57. The van der Waals surface area contributed by atoms with Crippen LogP contribution in [-0.4, -0.2) is 27.1 Å². The molecule has 1 amide bonds. The number of benzene rings is 1. The minimum atomic E-state index is -0.490. The van der Waals surface area contributed by atoms with Crippen molar-refractivity contribution in [3.8, 4) is 22.8 Å². The van der Waals surface area contributed by atoms with Gasteiger partial charge in [-0.3, -0.25) is 9.78 Å². The number of amides is 1. The van der Waals surface area contributed by atoms with Crippen molar-refractivity contribution in [1.29, 1.82) is 0 Å². The van der Waals surface area contributed by atoms with Gasteiger partial charge in [0.1, 0.15) is 0 Å². The summed E-state index contributed by atoms with van der Waals surface area (Å²) < 4.78 is 5.40. The molecule has 2 aliphatic rings. The first-order valence-corrected chi connectivity index (χ1v) is 8.78. The number of aromatic nitrogens is 3. The predicted molar refractivity (Wildman–Crippen MR) is 96.5 cm³/mol. The van der Waals surface area contributed by atoms with Gasteiger partial charge in [-0.15, -0.1) is 0 Å². The van der Waals surface area contributed by atoms with Crippen molar-refractivity contribution in [3.63, 3.8) is 0 Å². The Morgan fingerprint density at radius 1 is 1.12 bits per heavy atom. The molecule has 1 aliphatic carbocycles. The fourth-order valence-corrected chi connectivity index (χ4v) is 3.57. The molecule has 6 nitrogen and oxygen atoms in total. The van der Waals surface area contributed by atoms with Gasteiger partial charge in [0.2, 0.25) is 11.7 Å². The summed E-state index contributed by atoms with van der Waals surface area (Å²) in [5.41, 5.74) is 3.24. The summed E-state index contributed by atoms with van der Waals surface area (Å²) in [5, 5.41) is 4.12. The third kappa shape index (κ3) is 2.18. The van der Waals surface area contributed by atoms with Crippen LogP contribution in [0.4, 0.5) is 5.69 Å². The lowest BCUT2D eigenvalue weighted by Crippen LogP contribution is -2.37. The van der Waals surface area contributed by atoms with E-state index < -0.39 is 5.41 Å². The smallest absolute Gasteiger partial charge is 0.258 e. The highest BCUT2D eigenvalue weighted by Crippen LogP contribution is 2.47. The van der Waals surface area contributed by atoms with Crippen LogP contribution in [0, 0.1) is 0 Å². The average Bonchev–Trinajstić information content (AvgIpc) is 3.31. The van der Waals surface area contributed by atoms with Crippen LogP contribution in [0.5, 0.6) is 0 Å². The zero-order valence-electron chi connectivity index (χ0n) is 14.6. The van der Waals surface area contributed by atoms with Crippen molar-refractivity contribution in [3.05, 3.63) is 48.3 Å². The first kappa shape index (κ1) is 15.3. The predicted octanol–water partition coefficient (Wildman–Crippen LogP) is 3.59. The molecule has 3 heterocycles. The molecule has 1 fully saturated rings. The van der Waals surface area contributed by atoms with E-state index in [-0.39, 0.29) is 5.91 Å². The topological polar surface area (TPSA) is 72.1 Å². The molecule has 1 aromatic carbocycles. The monoisotopic (exact) mass is 346 g/mol. The van der Waals surface area contributed by atoms with E-state index in [4.69, 9.17) is 4.52 Å². The average molecular weight is 346 g/mol. The molecular formula is C20H18N4O2. The SMILES string of the molecule is CC1(C)C(=O)N(C2CC2)c2cc(-c3noc(-c4ccncc4)n3)ccc21. The standard InChI is InChI=1S/C20H18N4O2/c1-20(2)15-6-3-13(11-16(15)24(19(20)25)14-4-5-14)17-22-18(26-23-17)12-7-9-21-10-8-12/h3,6-11,14H,4-5H2,1-2H3. The largest absolute Gasteiger partial charge is 0.334 e. The minimum absolute atomic E-state index is 0.178. The Kier molecular flexibility index (Phi) is 3.07. The van der Waals surface area contributed by atoms with E-state index in [0.717, 1.165) is 35.2 Å². The highest BCUT2D eigenvalue weighted by atomic mass is 16.5. The summed E-state index contributed by atoms with van der Waals surface area (Å²) >= 11 is 0. The second kappa shape index (κ2) is 5.24. The van der Waals surface area contributed by atoms with E-state index in [0.29, 0.717) is 17.8 Å². The van der Waals surface area contributed by atoms with Crippen LogP contribution in [0.2, 0.25) is 0 Å². The van der Waals surface area contributed by atoms with Gasteiger partial charge in [-0.25, -0.2) is 0 Å². The van der Waals surface area contributed by atoms with E-state index in [1.54, 1.807) is 12.4 Å². The van der Waals surface area contributed by atoms with Crippen molar-refractivity contribution in [1.82, 2.24) is 15.1 Å². The van der Waals surface area contributed by atoms with Gasteiger partial charge in [0, 0.05) is 35.2 Å². The Labute approximate surface area is 150 Å². The Morgan fingerprint density at radius 2 is 1.88 bits per heavy atom. The number of anilines is 1. The maximum Gasteiger partial charge on any atom is 0.258 e. The quantitative estimate of drug-likeness (QED) is 0.725. The molecule has 2 aromatic heterocycles. The number of carbonyl (C=O) groups is 1. The van der Waals surface area contributed by atoms with Gasteiger partial charge in [-0.1, -0.05) is 17.3 Å². The van der Waals surface area contributed by atoms with Gasteiger partial charge in [0.15, 0.2) is 0 Å². The number of carbonyl (C=O) groups excluding carboxylic acids is 1. The van der Waals surface area contributed by atoms with E-state index in [2.05, 4.69) is 15.1 Å². The molecule has 5 rings (SSSR count). The van der Waals surface area contributed by atoms with E-state index >= 15 is 0 Å². The van der Waals surface area contributed by atoms with Crippen LogP contribution in [0.3, 0.4) is 0 Å². The molecule has 6 heteroatoms. The highest BCUT2D eigenvalue weighted by molar-refractivity contribution is 6.08. The van der Waals surface area contributed by atoms with Crippen LogP contribution in [-0.2, 0) is 10.2 Å². The zero-order valence-corrected chi connectivity index (χ0v) is 14.6. The molecule has 1 aliphatic heterocycles. The van der Waals surface area contributed by atoms with Gasteiger partial charge in [0.05, 0.1) is 5.41 Å². The second-order valence-electron chi connectivity index (χ2n) is 7.42. The molecule has 0 bridgehead atoms. The number of nitrogens with zero attached hydrogens (tertiary/aromatic N) is 4. The summed E-state index contributed by atoms with van der Waals surface area (Å²) in [7, 11) is 0. The van der Waals surface area contributed by atoms with Gasteiger partial charge in [-0.05, 0) is 50.5 Å². The summed E-state index contributed by atoms with van der Waals surface area (Å²) in [4.78, 5) is 23.3. The van der Waals surface area contributed by atoms with Crippen LogP contribution >= 0.6 is 0 Å². The highest BCUT2D eigenvalue weighted by Gasteiger charge is 2.49. The van der Waals surface area contributed by atoms with Gasteiger partial charge in [-0.2, -0.15) is 4.98 Å². The normalized spacial score (nSPS) is 18.2. The Hall–Kier alpha value is -3.02. The number of hydrogen-bond acceptors (Lipinski definition) is 5. The van der Waals surface area contributed by atoms with Crippen LogP contribution in [0.1, 0.15) is 32.3 Å². The maximum absolute atomic E-state index is 12.9. The molecule has 1 saturated carbocycles. The van der Waals surface area contributed by atoms with Crippen LogP contribution < -0.4 is 4.90 Å². The number of rotatable bonds is 3. The van der Waals surface area contributed by atoms with Crippen LogP contribution in [0.25, 0.3) is 22.8 Å². The van der Waals surface area contributed by atoms with Crippen LogP contribution in [0.15, 0.2) is 47.2 Å². The molecule has 130 valence electrons. The lowest BCUT2D eigenvalue weighted by molar-refractivity contribution is -0.122. The molecule has 0 spiro atoms. The number of hydrogen-bond donors (Lipinski definition) is 0. The first-order chi connectivity index (χ1) is 12.6. The van der Waals surface area contributed by atoms with Crippen molar-refractivity contribution in [2.45, 2.75) is 38.1 Å². The lowest BCUT2D eigenvalue weighted by Gasteiger charge is -2.19. The molecule has 0 radical (unpaired) electrons. The molecule has 0 N–H and O–H groups in total.